The van der Waals surface area contributed by atoms with Crippen LogP contribution in [0.15, 0.2) is 54.6 Å². The Morgan fingerprint density at radius 1 is 1.08 bits per heavy atom. The topological polar surface area (TPSA) is 36.5 Å². The number of ether oxygens (including phenoxy) is 1. The highest BCUT2D eigenvalue weighted by atomic mass is 32.1. The summed E-state index contributed by atoms with van der Waals surface area (Å²) < 4.78 is 5.59. The highest BCUT2D eigenvalue weighted by molar-refractivity contribution is 7.80. The molecule has 0 spiro atoms. The Kier molecular flexibility index (Phi) is 6.25. The predicted octanol–water partition coefficient (Wildman–Crippen LogP) is 3.82. The molecule has 3 rings (SSSR count). The second kappa shape index (κ2) is 8.83. The van der Waals surface area contributed by atoms with Gasteiger partial charge in [-0.05, 0) is 56.3 Å². The summed E-state index contributed by atoms with van der Waals surface area (Å²) in [6.07, 6.45) is 2.50. The molecule has 0 aliphatic carbocycles. The van der Waals surface area contributed by atoms with Crippen LogP contribution in [-0.4, -0.2) is 36.8 Å². The van der Waals surface area contributed by atoms with Crippen LogP contribution in [0.25, 0.3) is 0 Å². The predicted molar refractivity (Wildman–Crippen MR) is 107 cm³/mol. The normalized spacial score (nSPS) is 15.6. The zero-order valence-corrected chi connectivity index (χ0v) is 15.4. The Hall–Kier alpha value is -2.11. The third-order valence-corrected chi connectivity index (χ3v) is 4.81. The van der Waals surface area contributed by atoms with Gasteiger partial charge in [-0.1, -0.05) is 36.4 Å². The first-order chi connectivity index (χ1) is 12.3. The minimum absolute atomic E-state index is 0.245. The maximum absolute atomic E-state index is 5.59. The van der Waals surface area contributed by atoms with Gasteiger partial charge < -0.3 is 15.4 Å². The molecule has 2 aromatic rings. The monoisotopic (exact) mass is 355 g/mol. The van der Waals surface area contributed by atoms with Gasteiger partial charge in [0.2, 0.25) is 0 Å². The van der Waals surface area contributed by atoms with Crippen molar-refractivity contribution in [1.29, 1.82) is 0 Å². The number of anilines is 1. The van der Waals surface area contributed by atoms with Crippen LogP contribution in [0.3, 0.4) is 0 Å². The number of benzene rings is 2. The first kappa shape index (κ1) is 17.7. The zero-order valence-electron chi connectivity index (χ0n) is 14.6. The van der Waals surface area contributed by atoms with Crippen LogP contribution in [0.1, 0.15) is 24.4 Å². The number of thiocarbonyl (C=S) groups is 1. The van der Waals surface area contributed by atoms with Gasteiger partial charge in [0.1, 0.15) is 5.75 Å². The van der Waals surface area contributed by atoms with Crippen LogP contribution >= 0.6 is 12.2 Å². The second-order valence-electron chi connectivity index (χ2n) is 6.20. The fraction of sp³-hybridized carbons (Fsp3) is 0.350. The Morgan fingerprint density at radius 2 is 1.76 bits per heavy atom. The van der Waals surface area contributed by atoms with E-state index in [1.165, 1.54) is 18.4 Å². The van der Waals surface area contributed by atoms with Gasteiger partial charge in [-0.25, -0.2) is 0 Å². The van der Waals surface area contributed by atoms with E-state index < -0.39 is 0 Å². The fourth-order valence-corrected chi connectivity index (χ4v) is 3.52. The van der Waals surface area contributed by atoms with E-state index in [1.807, 2.05) is 42.5 Å². The fourth-order valence-electron chi connectivity index (χ4n) is 3.32. The molecule has 0 aromatic heterocycles. The Balaban J connectivity index is 1.69. The van der Waals surface area contributed by atoms with Gasteiger partial charge in [-0.3, -0.25) is 4.90 Å². The van der Waals surface area contributed by atoms with Crippen molar-refractivity contribution in [2.75, 3.05) is 32.1 Å². The molecular weight excluding hydrogens is 330 g/mol. The van der Waals surface area contributed by atoms with Crippen LogP contribution in [-0.2, 0) is 0 Å². The smallest absolute Gasteiger partial charge is 0.170 e. The van der Waals surface area contributed by atoms with Crippen molar-refractivity contribution in [2.45, 2.75) is 18.9 Å². The van der Waals surface area contributed by atoms with Crippen molar-refractivity contribution in [1.82, 2.24) is 10.2 Å². The molecule has 25 heavy (non-hydrogen) atoms. The SMILES string of the molecule is COc1ccccc1C(CNC(=S)Nc1ccccc1)N1CCCC1. The number of hydrogen-bond acceptors (Lipinski definition) is 3. The maximum Gasteiger partial charge on any atom is 0.170 e. The largest absolute Gasteiger partial charge is 0.496 e. The summed E-state index contributed by atoms with van der Waals surface area (Å²) >= 11 is 5.47. The van der Waals surface area contributed by atoms with E-state index in [9.17, 15) is 0 Å². The third-order valence-electron chi connectivity index (χ3n) is 4.57. The number of rotatable bonds is 6. The molecular formula is C20H25N3OS. The molecule has 5 heteroatoms. The quantitative estimate of drug-likeness (QED) is 0.771. The minimum atomic E-state index is 0.245. The van der Waals surface area contributed by atoms with E-state index in [0.717, 1.165) is 31.1 Å². The van der Waals surface area contributed by atoms with E-state index >= 15 is 0 Å². The van der Waals surface area contributed by atoms with Gasteiger partial charge in [0.25, 0.3) is 0 Å². The molecule has 0 bridgehead atoms. The van der Waals surface area contributed by atoms with Crippen molar-refractivity contribution in [3.8, 4) is 5.75 Å². The van der Waals surface area contributed by atoms with E-state index in [2.05, 4.69) is 27.7 Å². The molecule has 1 aliphatic rings. The van der Waals surface area contributed by atoms with Gasteiger partial charge in [0, 0.05) is 17.8 Å². The number of nitrogens with zero attached hydrogens (tertiary/aromatic N) is 1. The van der Waals surface area contributed by atoms with Gasteiger partial charge in [-0.15, -0.1) is 0 Å². The van der Waals surface area contributed by atoms with Crippen LogP contribution in [0.4, 0.5) is 5.69 Å². The van der Waals surface area contributed by atoms with Crippen molar-refractivity contribution >= 4 is 23.0 Å². The average Bonchev–Trinajstić information content (AvgIpc) is 3.17. The number of hydrogen-bond donors (Lipinski definition) is 2. The van der Waals surface area contributed by atoms with Crippen LogP contribution in [0.5, 0.6) is 5.75 Å². The summed E-state index contributed by atoms with van der Waals surface area (Å²) in [5.41, 5.74) is 2.21. The van der Waals surface area contributed by atoms with Crippen molar-refractivity contribution in [3.63, 3.8) is 0 Å². The van der Waals surface area contributed by atoms with Crippen molar-refractivity contribution in [3.05, 3.63) is 60.2 Å². The first-order valence-electron chi connectivity index (χ1n) is 8.75. The third kappa shape index (κ3) is 4.71. The van der Waals surface area contributed by atoms with Gasteiger partial charge in [0.15, 0.2) is 5.11 Å². The molecule has 4 nitrogen and oxygen atoms in total. The molecule has 2 aromatic carbocycles. The molecule has 1 aliphatic heterocycles. The summed E-state index contributed by atoms with van der Waals surface area (Å²) in [4.78, 5) is 2.51. The molecule has 1 saturated heterocycles. The molecule has 0 saturated carbocycles. The summed E-state index contributed by atoms with van der Waals surface area (Å²) in [5.74, 6) is 0.933. The summed E-state index contributed by atoms with van der Waals surface area (Å²) in [5, 5.41) is 7.26. The number of methoxy groups -OCH3 is 1. The molecule has 1 fully saturated rings. The lowest BCUT2D eigenvalue weighted by Gasteiger charge is -2.29. The van der Waals surface area contributed by atoms with Gasteiger partial charge in [-0.2, -0.15) is 0 Å². The molecule has 1 unspecified atom stereocenters. The Morgan fingerprint density at radius 3 is 2.48 bits per heavy atom. The lowest BCUT2D eigenvalue weighted by molar-refractivity contribution is 0.240. The lowest BCUT2D eigenvalue weighted by atomic mass is 10.0. The number of nitrogens with one attached hydrogen (secondary N) is 2. The van der Waals surface area contributed by atoms with Gasteiger partial charge in [0.05, 0.1) is 13.2 Å². The van der Waals surface area contributed by atoms with E-state index in [0.29, 0.717) is 5.11 Å². The summed E-state index contributed by atoms with van der Waals surface area (Å²) in [7, 11) is 1.73. The van der Waals surface area contributed by atoms with Crippen LogP contribution in [0.2, 0.25) is 0 Å². The van der Waals surface area contributed by atoms with E-state index in [4.69, 9.17) is 17.0 Å². The maximum atomic E-state index is 5.59. The average molecular weight is 356 g/mol. The number of likely N-dealkylation sites (tertiary alicyclic amines) is 1. The zero-order chi connectivity index (χ0) is 17.5. The van der Waals surface area contributed by atoms with Gasteiger partial charge >= 0.3 is 0 Å². The van der Waals surface area contributed by atoms with Crippen LogP contribution < -0.4 is 15.4 Å². The van der Waals surface area contributed by atoms with Crippen LogP contribution in [0, 0.1) is 0 Å². The second-order valence-corrected chi connectivity index (χ2v) is 6.61. The number of para-hydroxylation sites is 2. The molecule has 1 heterocycles. The Bertz CT molecular complexity index is 686. The molecule has 132 valence electrons. The lowest BCUT2D eigenvalue weighted by Crippen LogP contribution is -2.38. The van der Waals surface area contributed by atoms with E-state index in [-0.39, 0.29) is 6.04 Å². The highest BCUT2D eigenvalue weighted by Crippen LogP contribution is 2.31. The summed E-state index contributed by atoms with van der Waals surface area (Å²) in [6, 6.07) is 18.5. The van der Waals surface area contributed by atoms with E-state index in [1.54, 1.807) is 7.11 Å². The molecule has 0 radical (unpaired) electrons. The molecule has 0 amide bonds. The Labute approximate surface area is 155 Å². The standard InChI is InChI=1S/C20H25N3OS/c1-24-19-12-6-5-11-17(19)18(23-13-7-8-14-23)15-21-20(25)22-16-9-3-2-4-10-16/h2-6,9-12,18H,7-8,13-15H2,1H3,(H2,21,22,25). The molecule has 1 atom stereocenters. The minimum Gasteiger partial charge on any atom is -0.496 e. The van der Waals surface area contributed by atoms with Crippen molar-refractivity contribution < 1.29 is 4.74 Å². The summed E-state index contributed by atoms with van der Waals surface area (Å²) in [6.45, 7) is 2.98. The highest BCUT2D eigenvalue weighted by Gasteiger charge is 2.25. The first-order valence-corrected chi connectivity index (χ1v) is 9.15. The molecule has 2 N–H and O–H groups in total. The van der Waals surface area contributed by atoms with Crippen molar-refractivity contribution in [2.24, 2.45) is 0 Å².